The Hall–Kier alpha value is -2.16. The average molecular weight is 396 g/mol. The van der Waals surface area contributed by atoms with Gasteiger partial charge in [-0.2, -0.15) is 0 Å². The van der Waals surface area contributed by atoms with Crippen LogP contribution in [0.25, 0.3) is 5.69 Å². The number of nitrogens with zero attached hydrogens (tertiary/aromatic N) is 4. The molecule has 2 N–H and O–H groups in total. The molecule has 3 rings (SSSR count). The minimum Gasteiger partial charge on any atom is -0.495 e. The highest BCUT2D eigenvalue weighted by Crippen LogP contribution is 2.28. The fourth-order valence-corrected chi connectivity index (χ4v) is 3.31. The van der Waals surface area contributed by atoms with Gasteiger partial charge in [0.05, 0.1) is 12.8 Å². The van der Waals surface area contributed by atoms with Crippen molar-refractivity contribution in [1.29, 1.82) is 0 Å². The van der Waals surface area contributed by atoms with Gasteiger partial charge in [-0.3, -0.25) is 9.55 Å². The van der Waals surface area contributed by atoms with E-state index in [9.17, 15) is 4.39 Å². The third kappa shape index (κ3) is 4.51. The lowest BCUT2D eigenvalue weighted by molar-refractivity contribution is 0.409. The van der Waals surface area contributed by atoms with E-state index in [2.05, 4.69) is 15.2 Å². The molecule has 0 saturated heterocycles. The third-order valence-electron chi connectivity index (χ3n) is 3.56. The van der Waals surface area contributed by atoms with Crippen LogP contribution in [0.1, 0.15) is 11.5 Å². The molecular weight excluding hydrogens is 377 g/mol. The van der Waals surface area contributed by atoms with Gasteiger partial charge in [0.25, 0.3) is 0 Å². The van der Waals surface area contributed by atoms with Crippen molar-refractivity contribution >= 4 is 24.2 Å². The molecule has 0 atom stereocenters. The van der Waals surface area contributed by atoms with Gasteiger partial charge in [-0.25, -0.2) is 4.39 Å². The lowest BCUT2D eigenvalue weighted by Crippen LogP contribution is -2.09. The van der Waals surface area contributed by atoms with Crippen LogP contribution in [0.2, 0.25) is 0 Å². The Morgan fingerprint density at radius 2 is 1.96 bits per heavy atom. The highest BCUT2D eigenvalue weighted by atomic mass is 35.5. The summed E-state index contributed by atoms with van der Waals surface area (Å²) in [5.41, 5.74) is 7.29. The first-order valence-electron chi connectivity index (χ1n) is 7.74. The van der Waals surface area contributed by atoms with E-state index >= 15 is 0 Å². The zero-order valence-corrected chi connectivity index (χ0v) is 15.8. The fraction of sp³-hybridized carbons (Fsp3) is 0.235. The molecule has 0 amide bonds. The third-order valence-corrected chi connectivity index (χ3v) is 4.50. The summed E-state index contributed by atoms with van der Waals surface area (Å²) in [5, 5.41) is 9.19. The van der Waals surface area contributed by atoms with Gasteiger partial charge < -0.3 is 10.5 Å². The molecule has 0 saturated carbocycles. The first-order valence-corrected chi connectivity index (χ1v) is 8.72. The van der Waals surface area contributed by atoms with E-state index in [1.165, 1.54) is 23.9 Å². The Morgan fingerprint density at radius 3 is 2.65 bits per heavy atom. The predicted molar refractivity (Wildman–Crippen MR) is 102 cm³/mol. The molecule has 6 nitrogen and oxygen atoms in total. The number of nitrogens with two attached hydrogens (primary N) is 1. The van der Waals surface area contributed by atoms with E-state index in [1.54, 1.807) is 25.4 Å². The van der Waals surface area contributed by atoms with Gasteiger partial charge >= 0.3 is 0 Å². The highest BCUT2D eigenvalue weighted by molar-refractivity contribution is 7.98. The van der Waals surface area contributed by atoms with Gasteiger partial charge in [-0.15, -0.1) is 22.6 Å². The summed E-state index contributed by atoms with van der Waals surface area (Å²) in [5.74, 6) is 1.76. The summed E-state index contributed by atoms with van der Waals surface area (Å²) >= 11 is 1.49. The summed E-state index contributed by atoms with van der Waals surface area (Å²) < 4.78 is 20.5. The van der Waals surface area contributed by atoms with E-state index in [0.717, 1.165) is 23.0 Å². The molecule has 3 aromatic rings. The molecule has 2 aromatic heterocycles. The maximum atomic E-state index is 13.2. The Balaban J connectivity index is 0.00000243. The number of methoxy groups -OCH3 is 1. The van der Waals surface area contributed by atoms with Gasteiger partial charge in [0.15, 0.2) is 5.16 Å². The van der Waals surface area contributed by atoms with Gasteiger partial charge in [0, 0.05) is 24.1 Å². The molecule has 0 fully saturated rings. The Labute approximate surface area is 161 Å². The van der Waals surface area contributed by atoms with Crippen LogP contribution in [0.4, 0.5) is 4.39 Å². The zero-order chi connectivity index (χ0) is 17.6. The van der Waals surface area contributed by atoms with Crippen LogP contribution in [0.15, 0.2) is 47.8 Å². The molecule has 138 valence electrons. The maximum absolute atomic E-state index is 13.2. The van der Waals surface area contributed by atoms with Crippen LogP contribution in [0.3, 0.4) is 0 Å². The number of hydrogen-bond acceptors (Lipinski definition) is 6. The predicted octanol–water partition coefficient (Wildman–Crippen LogP) is 3.03. The normalized spacial score (nSPS) is 10.4. The largest absolute Gasteiger partial charge is 0.495 e. The molecule has 0 spiro atoms. The summed E-state index contributed by atoms with van der Waals surface area (Å²) in [6.45, 7) is 0.456. The van der Waals surface area contributed by atoms with Crippen LogP contribution in [0.5, 0.6) is 5.75 Å². The second-order valence-corrected chi connectivity index (χ2v) is 6.13. The highest BCUT2D eigenvalue weighted by Gasteiger charge is 2.15. The molecule has 2 heterocycles. The monoisotopic (exact) mass is 395 g/mol. The van der Waals surface area contributed by atoms with Crippen LogP contribution in [-0.4, -0.2) is 33.4 Å². The van der Waals surface area contributed by atoms with E-state index in [-0.39, 0.29) is 18.2 Å². The number of thioether (sulfide) groups is 1. The van der Waals surface area contributed by atoms with E-state index in [4.69, 9.17) is 10.5 Å². The van der Waals surface area contributed by atoms with Crippen LogP contribution >= 0.6 is 24.2 Å². The van der Waals surface area contributed by atoms with Gasteiger partial charge in [-0.1, -0.05) is 11.8 Å². The summed E-state index contributed by atoms with van der Waals surface area (Å²) in [6.07, 6.45) is 2.31. The van der Waals surface area contributed by atoms with Crippen molar-refractivity contribution in [3.05, 3.63) is 59.9 Å². The van der Waals surface area contributed by atoms with Gasteiger partial charge in [-0.05, 0) is 42.9 Å². The Morgan fingerprint density at radius 1 is 1.19 bits per heavy atom. The number of aromatic nitrogens is 4. The second-order valence-electron chi connectivity index (χ2n) is 5.19. The molecule has 0 aliphatic heterocycles. The van der Waals surface area contributed by atoms with Crippen molar-refractivity contribution < 1.29 is 9.13 Å². The van der Waals surface area contributed by atoms with Gasteiger partial charge in [0.1, 0.15) is 17.4 Å². The van der Waals surface area contributed by atoms with E-state index in [1.807, 2.05) is 16.7 Å². The summed E-state index contributed by atoms with van der Waals surface area (Å²) in [7, 11) is 1.62. The second kappa shape index (κ2) is 9.51. The van der Waals surface area contributed by atoms with Crippen LogP contribution < -0.4 is 10.5 Å². The van der Waals surface area contributed by atoms with Crippen molar-refractivity contribution in [3.63, 3.8) is 0 Å². The SMILES string of the molecule is COc1cccnc1CSc1nnc(CCN)n1-c1ccc(F)cc1.Cl. The maximum Gasteiger partial charge on any atom is 0.196 e. The molecule has 1 aromatic carbocycles. The minimum absolute atomic E-state index is 0. The first-order chi connectivity index (χ1) is 12.2. The van der Waals surface area contributed by atoms with Gasteiger partial charge in [0.2, 0.25) is 0 Å². The number of pyridine rings is 1. The zero-order valence-electron chi connectivity index (χ0n) is 14.1. The molecular formula is C17H19ClFN5OS. The van der Waals surface area contributed by atoms with Crippen molar-refractivity contribution in [2.75, 3.05) is 13.7 Å². The summed E-state index contributed by atoms with van der Waals surface area (Å²) in [4.78, 5) is 4.35. The Kier molecular flexibility index (Phi) is 7.38. The minimum atomic E-state index is -0.287. The number of hydrogen-bond donors (Lipinski definition) is 1. The number of benzene rings is 1. The van der Waals surface area contributed by atoms with Crippen molar-refractivity contribution in [1.82, 2.24) is 19.7 Å². The lowest BCUT2D eigenvalue weighted by atomic mass is 10.3. The number of halogens is 2. The molecule has 0 aliphatic rings. The number of rotatable bonds is 7. The Bertz CT molecular complexity index is 843. The standard InChI is InChI=1S/C17H18FN5OS.ClH/c1-24-15-3-2-10-20-14(15)11-25-17-22-21-16(8-9-19)23(17)13-6-4-12(18)5-7-13;/h2-7,10H,8-9,11,19H2,1H3;1H. The lowest BCUT2D eigenvalue weighted by Gasteiger charge is -2.10. The van der Waals surface area contributed by atoms with Crippen molar-refractivity contribution in [3.8, 4) is 11.4 Å². The molecule has 0 radical (unpaired) electrons. The molecule has 0 bridgehead atoms. The van der Waals surface area contributed by atoms with Crippen LogP contribution in [0, 0.1) is 5.82 Å². The summed E-state index contributed by atoms with van der Waals surface area (Å²) in [6, 6.07) is 9.92. The topological polar surface area (TPSA) is 78.8 Å². The molecule has 0 unspecified atom stereocenters. The van der Waals surface area contributed by atoms with Crippen molar-refractivity contribution in [2.45, 2.75) is 17.3 Å². The van der Waals surface area contributed by atoms with Crippen LogP contribution in [-0.2, 0) is 12.2 Å². The molecule has 26 heavy (non-hydrogen) atoms. The van der Waals surface area contributed by atoms with E-state index in [0.29, 0.717) is 23.9 Å². The van der Waals surface area contributed by atoms with E-state index < -0.39 is 0 Å². The smallest absolute Gasteiger partial charge is 0.196 e. The van der Waals surface area contributed by atoms with Crippen molar-refractivity contribution in [2.24, 2.45) is 5.73 Å². The quantitative estimate of drug-likeness (QED) is 0.619. The fourth-order valence-electron chi connectivity index (χ4n) is 2.38. The molecule has 0 aliphatic carbocycles. The average Bonchev–Trinajstić information content (AvgIpc) is 3.04. The molecule has 9 heteroatoms. The number of ether oxygens (including phenoxy) is 1. The first kappa shape index (κ1) is 20.2.